The first kappa shape index (κ1) is 22.0. The third-order valence-corrected chi connectivity index (χ3v) is 5.46. The zero-order chi connectivity index (χ0) is 23.3. The van der Waals surface area contributed by atoms with Gasteiger partial charge in [0.1, 0.15) is 0 Å². The Labute approximate surface area is 199 Å². The fourth-order valence-electron chi connectivity index (χ4n) is 3.51. The van der Waals surface area contributed by atoms with Crippen molar-refractivity contribution >= 4 is 11.8 Å². The summed E-state index contributed by atoms with van der Waals surface area (Å²) in [6.45, 7) is 6.52. The number of hydrogen-bond donors (Lipinski definition) is 0. The average Bonchev–Trinajstić information content (AvgIpc) is 3.79. The summed E-state index contributed by atoms with van der Waals surface area (Å²) in [6.07, 6.45) is 1.86. The minimum Gasteiger partial charge on any atom is -0.477 e. The van der Waals surface area contributed by atoms with Crippen molar-refractivity contribution in [1.29, 1.82) is 0 Å². The minimum atomic E-state index is 0.542. The summed E-state index contributed by atoms with van der Waals surface area (Å²) < 4.78 is 22.6. The molecule has 3 aromatic rings. The van der Waals surface area contributed by atoms with E-state index in [0.717, 1.165) is 58.1 Å². The van der Waals surface area contributed by atoms with Gasteiger partial charge in [-0.2, -0.15) is 0 Å². The summed E-state index contributed by atoms with van der Waals surface area (Å²) in [4.78, 5) is 9.47. The summed E-state index contributed by atoms with van der Waals surface area (Å²) >= 11 is 0. The number of aliphatic imine (C=N–C) groups is 2. The van der Waals surface area contributed by atoms with Gasteiger partial charge in [-0.05, 0) is 60.4 Å². The molecule has 0 aliphatic carbocycles. The van der Waals surface area contributed by atoms with Gasteiger partial charge in [-0.1, -0.05) is 38.1 Å². The van der Waals surface area contributed by atoms with Crippen molar-refractivity contribution in [3.05, 3.63) is 82.9 Å². The summed E-state index contributed by atoms with van der Waals surface area (Å²) in [5.41, 5.74) is 4.11. The van der Waals surface area contributed by atoms with E-state index in [0.29, 0.717) is 38.1 Å². The molecule has 5 rings (SSSR count). The number of nitrogens with zero attached hydrogens (tertiary/aromatic N) is 2. The molecular formula is C28H28N2O4. The number of fused-ring (bicyclic) bond motifs is 2. The highest BCUT2D eigenvalue weighted by molar-refractivity contribution is 5.96. The minimum absolute atomic E-state index is 0.542. The standard InChI is InChI=1S/C28H28N2O4/c1-3-13-31-27(21-9-11-23-25(15-21)33-23)29-17-19-5-7-20(8-6-19)18-30-28(32-14-4-2)22-10-12-24-26(16-22)34-24/h5-12,15-16H,3-4,13-14,17-18H2,1-2H3. The van der Waals surface area contributed by atoms with Crippen molar-refractivity contribution in [1.82, 2.24) is 0 Å². The van der Waals surface area contributed by atoms with Crippen LogP contribution in [0.2, 0.25) is 0 Å². The van der Waals surface area contributed by atoms with Crippen LogP contribution in [0.3, 0.4) is 0 Å². The average molecular weight is 457 g/mol. The number of benzene rings is 3. The Morgan fingerprint density at radius 3 is 1.44 bits per heavy atom. The Kier molecular flexibility index (Phi) is 6.47. The summed E-state index contributed by atoms with van der Waals surface area (Å²) in [7, 11) is 0. The van der Waals surface area contributed by atoms with E-state index in [1.807, 2.05) is 36.4 Å². The molecule has 3 aromatic carbocycles. The fourth-order valence-corrected chi connectivity index (χ4v) is 3.51. The molecule has 0 aromatic heterocycles. The summed E-state index contributed by atoms with van der Waals surface area (Å²) in [6, 6.07) is 20.2. The Morgan fingerprint density at radius 2 is 1.06 bits per heavy atom. The maximum Gasteiger partial charge on any atom is 0.216 e. The lowest BCUT2D eigenvalue weighted by atomic mass is 10.1. The van der Waals surface area contributed by atoms with E-state index >= 15 is 0 Å². The van der Waals surface area contributed by atoms with Crippen LogP contribution in [0.25, 0.3) is 0 Å². The Balaban J connectivity index is 1.25. The molecule has 0 radical (unpaired) electrons. The number of ether oxygens (including phenoxy) is 4. The molecule has 2 aliphatic heterocycles. The molecule has 2 aliphatic rings. The van der Waals surface area contributed by atoms with Crippen molar-refractivity contribution in [3.8, 4) is 23.0 Å². The zero-order valence-electron chi connectivity index (χ0n) is 19.5. The predicted octanol–water partition coefficient (Wildman–Crippen LogP) is 6.64. The smallest absolute Gasteiger partial charge is 0.216 e. The van der Waals surface area contributed by atoms with E-state index in [-0.39, 0.29) is 0 Å². The van der Waals surface area contributed by atoms with Crippen LogP contribution < -0.4 is 9.47 Å². The second kappa shape index (κ2) is 10.00. The normalized spacial score (nSPS) is 13.4. The van der Waals surface area contributed by atoms with Crippen LogP contribution in [-0.4, -0.2) is 25.0 Å². The molecule has 0 fully saturated rings. The fraction of sp³-hybridized carbons (Fsp3) is 0.286. The van der Waals surface area contributed by atoms with Crippen LogP contribution >= 0.6 is 0 Å². The van der Waals surface area contributed by atoms with E-state index in [1.165, 1.54) is 0 Å². The van der Waals surface area contributed by atoms with Crippen molar-refractivity contribution in [2.75, 3.05) is 13.2 Å². The van der Waals surface area contributed by atoms with Gasteiger partial charge in [0, 0.05) is 11.1 Å². The maximum atomic E-state index is 5.91. The zero-order valence-corrected chi connectivity index (χ0v) is 19.5. The van der Waals surface area contributed by atoms with E-state index in [2.05, 4.69) is 38.1 Å². The lowest BCUT2D eigenvalue weighted by molar-refractivity contribution is 0.304. The third-order valence-electron chi connectivity index (χ3n) is 5.46. The molecule has 0 amide bonds. The van der Waals surface area contributed by atoms with Crippen molar-refractivity contribution in [3.63, 3.8) is 0 Å². The molecule has 0 spiro atoms. The largest absolute Gasteiger partial charge is 0.477 e. The van der Waals surface area contributed by atoms with Crippen molar-refractivity contribution < 1.29 is 18.9 Å². The quantitative estimate of drug-likeness (QED) is 0.134. The molecule has 0 N–H and O–H groups in total. The Bertz CT molecular complexity index is 1140. The molecule has 2 heterocycles. The van der Waals surface area contributed by atoms with Crippen LogP contribution in [0.5, 0.6) is 23.0 Å². The lowest BCUT2D eigenvalue weighted by Gasteiger charge is -2.09. The second-order valence-corrected chi connectivity index (χ2v) is 8.28. The molecule has 6 heteroatoms. The van der Waals surface area contributed by atoms with Gasteiger partial charge in [0.25, 0.3) is 0 Å². The van der Waals surface area contributed by atoms with Gasteiger partial charge in [-0.15, -0.1) is 0 Å². The molecule has 0 saturated heterocycles. The molecular weight excluding hydrogens is 428 g/mol. The molecule has 0 bridgehead atoms. The molecule has 174 valence electrons. The van der Waals surface area contributed by atoms with Crippen LogP contribution in [0.4, 0.5) is 0 Å². The van der Waals surface area contributed by atoms with Crippen LogP contribution in [0.15, 0.2) is 70.6 Å². The van der Waals surface area contributed by atoms with Crippen LogP contribution in [0, 0.1) is 0 Å². The predicted molar refractivity (Wildman–Crippen MR) is 132 cm³/mol. The van der Waals surface area contributed by atoms with E-state index < -0.39 is 0 Å². The first-order chi connectivity index (χ1) is 16.7. The molecule has 0 unspecified atom stereocenters. The third kappa shape index (κ3) is 5.39. The van der Waals surface area contributed by atoms with Gasteiger partial charge in [-0.3, -0.25) is 0 Å². The summed E-state index contributed by atoms with van der Waals surface area (Å²) in [5.74, 6) is 4.96. The highest BCUT2D eigenvalue weighted by atomic mass is 16.6. The van der Waals surface area contributed by atoms with Crippen LogP contribution in [-0.2, 0) is 22.6 Å². The molecule has 6 nitrogen and oxygen atoms in total. The number of rotatable bonds is 10. The number of hydrogen-bond acceptors (Lipinski definition) is 6. The van der Waals surface area contributed by atoms with Gasteiger partial charge < -0.3 is 18.9 Å². The second-order valence-electron chi connectivity index (χ2n) is 8.28. The van der Waals surface area contributed by atoms with Crippen molar-refractivity contribution in [2.45, 2.75) is 39.8 Å². The summed E-state index contributed by atoms with van der Waals surface area (Å²) in [5, 5.41) is 0. The molecule has 0 atom stereocenters. The molecule has 0 saturated carbocycles. The lowest BCUT2D eigenvalue weighted by Crippen LogP contribution is -2.08. The topological polar surface area (TPSA) is 68.2 Å². The highest BCUT2D eigenvalue weighted by Crippen LogP contribution is 2.46. The molecule has 34 heavy (non-hydrogen) atoms. The van der Waals surface area contributed by atoms with Crippen LogP contribution in [0.1, 0.15) is 48.9 Å². The van der Waals surface area contributed by atoms with Gasteiger partial charge in [0.15, 0.2) is 23.0 Å². The van der Waals surface area contributed by atoms with Crippen molar-refractivity contribution in [2.24, 2.45) is 9.98 Å². The monoisotopic (exact) mass is 456 g/mol. The first-order valence-corrected chi connectivity index (χ1v) is 11.8. The maximum absolute atomic E-state index is 5.91. The van der Waals surface area contributed by atoms with Gasteiger partial charge >= 0.3 is 0 Å². The Morgan fingerprint density at radius 1 is 0.618 bits per heavy atom. The first-order valence-electron chi connectivity index (χ1n) is 11.8. The van der Waals surface area contributed by atoms with Gasteiger partial charge in [0.2, 0.25) is 11.8 Å². The highest BCUT2D eigenvalue weighted by Gasteiger charge is 2.22. The SMILES string of the molecule is CCCOC(=NCc1ccc(CN=C(OCCC)c2ccc3c(c2)O3)cc1)c1ccc2c(c1)O2. The van der Waals surface area contributed by atoms with E-state index in [1.54, 1.807) is 0 Å². The van der Waals surface area contributed by atoms with E-state index in [9.17, 15) is 0 Å². The van der Waals surface area contributed by atoms with Gasteiger partial charge in [0.05, 0.1) is 26.3 Å². The van der Waals surface area contributed by atoms with E-state index in [4.69, 9.17) is 28.9 Å². The Hall–Kier alpha value is -3.80. The van der Waals surface area contributed by atoms with Gasteiger partial charge in [-0.25, -0.2) is 9.98 Å².